The molecule has 0 bridgehead atoms. The van der Waals surface area contributed by atoms with Gasteiger partial charge in [0.15, 0.2) is 0 Å². The molecule has 1 saturated heterocycles. The molecule has 1 aromatic heterocycles. The molecule has 0 radical (unpaired) electrons. The van der Waals surface area contributed by atoms with E-state index in [1.807, 2.05) is 6.07 Å². The smallest absolute Gasteiger partial charge is 0.115 e. The van der Waals surface area contributed by atoms with Gasteiger partial charge in [0.05, 0.1) is 25.5 Å². The Kier molecular flexibility index (Phi) is 4.08. The second-order valence-corrected chi connectivity index (χ2v) is 4.70. The summed E-state index contributed by atoms with van der Waals surface area (Å²) in [6.45, 7) is 4.27. The number of anilines is 2. The Morgan fingerprint density at radius 1 is 1.10 bits per heavy atom. The minimum atomic E-state index is 0.708. The lowest BCUT2D eigenvalue weighted by molar-refractivity contribution is 0.122. The van der Waals surface area contributed by atoms with Gasteiger partial charge in [0.1, 0.15) is 6.33 Å². The highest BCUT2D eigenvalue weighted by atomic mass is 16.5. The summed E-state index contributed by atoms with van der Waals surface area (Å²) in [6.07, 6.45) is 3.32. The molecule has 0 amide bonds. The zero-order valence-electron chi connectivity index (χ0n) is 11.3. The van der Waals surface area contributed by atoms with Gasteiger partial charge in [-0.1, -0.05) is 0 Å². The number of morpholine rings is 1. The molecule has 1 aliphatic rings. The van der Waals surface area contributed by atoms with Crippen LogP contribution >= 0.6 is 0 Å². The van der Waals surface area contributed by atoms with E-state index in [2.05, 4.69) is 44.5 Å². The minimum Gasteiger partial charge on any atom is -0.379 e. The number of aromatic nitrogens is 2. The van der Waals surface area contributed by atoms with Gasteiger partial charge < -0.3 is 15.0 Å². The standard InChI is InChI=1S/C15H18N4O/c1-3-15(19-7-9-20-10-8-19)4-2-13(1)17-11-14-5-6-16-12-18-14/h1-6,12,17H,7-11H2. The number of hydrogen-bond acceptors (Lipinski definition) is 5. The van der Waals surface area contributed by atoms with Crippen LogP contribution in [-0.2, 0) is 11.3 Å². The Hall–Kier alpha value is -2.14. The summed E-state index contributed by atoms with van der Waals surface area (Å²) >= 11 is 0. The topological polar surface area (TPSA) is 50.3 Å². The molecule has 2 heterocycles. The van der Waals surface area contributed by atoms with E-state index in [9.17, 15) is 0 Å². The maximum atomic E-state index is 5.37. The Morgan fingerprint density at radius 3 is 2.60 bits per heavy atom. The predicted molar refractivity (Wildman–Crippen MR) is 78.8 cm³/mol. The zero-order valence-corrected chi connectivity index (χ0v) is 11.3. The number of nitrogens with one attached hydrogen (secondary N) is 1. The van der Waals surface area contributed by atoms with Crippen molar-refractivity contribution in [3.63, 3.8) is 0 Å². The summed E-state index contributed by atoms with van der Waals surface area (Å²) in [5, 5.41) is 3.36. The molecule has 1 aliphatic heterocycles. The van der Waals surface area contributed by atoms with Crippen LogP contribution in [0, 0.1) is 0 Å². The quantitative estimate of drug-likeness (QED) is 0.920. The lowest BCUT2D eigenvalue weighted by Crippen LogP contribution is -2.36. The monoisotopic (exact) mass is 270 g/mol. The van der Waals surface area contributed by atoms with Gasteiger partial charge in [0, 0.05) is 30.7 Å². The first kappa shape index (κ1) is 12.9. The summed E-state index contributed by atoms with van der Waals surface area (Å²) in [5.41, 5.74) is 3.33. The number of benzene rings is 1. The molecule has 1 aromatic carbocycles. The lowest BCUT2D eigenvalue weighted by atomic mass is 10.2. The van der Waals surface area contributed by atoms with Crippen molar-refractivity contribution >= 4 is 11.4 Å². The Morgan fingerprint density at radius 2 is 1.90 bits per heavy atom. The average Bonchev–Trinajstić information content (AvgIpc) is 2.55. The number of ether oxygens (including phenoxy) is 1. The van der Waals surface area contributed by atoms with E-state index in [1.54, 1.807) is 12.5 Å². The molecule has 0 saturated carbocycles. The molecule has 0 spiro atoms. The second-order valence-electron chi connectivity index (χ2n) is 4.70. The van der Waals surface area contributed by atoms with E-state index in [4.69, 9.17) is 4.74 Å². The van der Waals surface area contributed by atoms with Crippen molar-refractivity contribution in [1.82, 2.24) is 9.97 Å². The molecule has 2 aromatic rings. The molecule has 3 rings (SSSR count). The van der Waals surface area contributed by atoms with Crippen LogP contribution in [-0.4, -0.2) is 36.3 Å². The fourth-order valence-electron chi connectivity index (χ4n) is 2.23. The SMILES string of the molecule is c1cc(CNc2ccc(N3CCOCC3)cc2)ncn1. The molecule has 104 valence electrons. The molecule has 0 unspecified atom stereocenters. The van der Waals surface area contributed by atoms with Crippen molar-refractivity contribution in [1.29, 1.82) is 0 Å². The molecule has 20 heavy (non-hydrogen) atoms. The maximum absolute atomic E-state index is 5.37. The Bertz CT molecular complexity index is 523. The summed E-state index contributed by atoms with van der Waals surface area (Å²) < 4.78 is 5.37. The molecule has 0 atom stereocenters. The maximum Gasteiger partial charge on any atom is 0.115 e. The van der Waals surface area contributed by atoms with Crippen LogP contribution in [0.25, 0.3) is 0 Å². The molecule has 1 fully saturated rings. The van der Waals surface area contributed by atoms with Gasteiger partial charge in [-0.15, -0.1) is 0 Å². The average molecular weight is 270 g/mol. The highest BCUT2D eigenvalue weighted by Gasteiger charge is 2.10. The van der Waals surface area contributed by atoms with Crippen LogP contribution in [0.4, 0.5) is 11.4 Å². The third kappa shape index (κ3) is 3.24. The first-order valence-corrected chi connectivity index (χ1v) is 6.83. The third-order valence-corrected chi connectivity index (χ3v) is 3.36. The summed E-state index contributed by atoms with van der Waals surface area (Å²) in [5.74, 6) is 0. The summed E-state index contributed by atoms with van der Waals surface area (Å²) in [4.78, 5) is 10.4. The fraction of sp³-hybridized carbons (Fsp3) is 0.333. The van der Waals surface area contributed by atoms with E-state index >= 15 is 0 Å². The molecule has 5 nitrogen and oxygen atoms in total. The van der Waals surface area contributed by atoms with Crippen LogP contribution in [0.5, 0.6) is 0 Å². The normalized spacial score (nSPS) is 15.1. The van der Waals surface area contributed by atoms with E-state index in [0.29, 0.717) is 6.54 Å². The largest absolute Gasteiger partial charge is 0.379 e. The highest BCUT2D eigenvalue weighted by Crippen LogP contribution is 2.19. The molecule has 5 heteroatoms. The van der Waals surface area contributed by atoms with Gasteiger partial charge in [-0.05, 0) is 30.3 Å². The number of hydrogen-bond donors (Lipinski definition) is 1. The van der Waals surface area contributed by atoms with E-state index in [1.165, 1.54) is 5.69 Å². The van der Waals surface area contributed by atoms with E-state index < -0.39 is 0 Å². The Balaban J connectivity index is 1.58. The van der Waals surface area contributed by atoms with E-state index in [-0.39, 0.29) is 0 Å². The predicted octanol–water partition coefficient (Wildman–Crippen LogP) is 1.93. The van der Waals surface area contributed by atoms with Crippen LogP contribution in [0.1, 0.15) is 5.69 Å². The zero-order chi connectivity index (χ0) is 13.6. The van der Waals surface area contributed by atoms with Crippen molar-refractivity contribution in [2.24, 2.45) is 0 Å². The Labute approximate surface area is 118 Å². The van der Waals surface area contributed by atoms with Gasteiger partial charge in [0.2, 0.25) is 0 Å². The molecular weight excluding hydrogens is 252 g/mol. The van der Waals surface area contributed by atoms with Crippen molar-refractivity contribution in [2.45, 2.75) is 6.54 Å². The summed E-state index contributed by atoms with van der Waals surface area (Å²) in [7, 11) is 0. The van der Waals surface area contributed by atoms with Gasteiger partial charge in [0.25, 0.3) is 0 Å². The van der Waals surface area contributed by atoms with Crippen LogP contribution in [0.2, 0.25) is 0 Å². The first-order valence-electron chi connectivity index (χ1n) is 6.83. The minimum absolute atomic E-state index is 0.708. The van der Waals surface area contributed by atoms with Gasteiger partial charge in [-0.25, -0.2) is 9.97 Å². The molecule has 1 N–H and O–H groups in total. The molecule has 0 aliphatic carbocycles. The number of nitrogens with zero attached hydrogens (tertiary/aromatic N) is 3. The van der Waals surface area contributed by atoms with Crippen molar-refractivity contribution in [2.75, 3.05) is 36.5 Å². The van der Waals surface area contributed by atoms with Gasteiger partial charge in [-0.2, -0.15) is 0 Å². The van der Waals surface area contributed by atoms with Crippen LogP contribution in [0.15, 0.2) is 42.9 Å². The fourth-order valence-corrected chi connectivity index (χ4v) is 2.23. The van der Waals surface area contributed by atoms with Gasteiger partial charge in [-0.3, -0.25) is 0 Å². The molecular formula is C15H18N4O. The first-order chi connectivity index (χ1) is 9.92. The van der Waals surface area contributed by atoms with E-state index in [0.717, 1.165) is 37.7 Å². The van der Waals surface area contributed by atoms with Crippen molar-refractivity contribution < 1.29 is 4.74 Å². The van der Waals surface area contributed by atoms with Gasteiger partial charge >= 0.3 is 0 Å². The lowest BCUT2D eigenvalue weighted by Gasteiger charge is -2.28. The third-order valence-electron chi connectivity index (χ3n) is 3.36. The second kappa shape index (κ2) is 6.34. The van der Waals surface area contributed by atoms with Crippen LogP contribution < -0.4 is 10.2 Å². The number of rotatable bonds is 4. The summed E-state index contributed by atoms with van der Waals surface area (Å²) in [6, 6.07) is 10.4. The van der Waals surface area contributed by atoms with Crippen molar-refractivity contribution in [3.8, 4) is 0 Å². The van der Waals surface area contributed by atoms with Crippen molar-refractivity contribution in [3.05, 3.63) is 48.5 Å². The highest BCUT2D eigenvalue weighted by molar-refractivity contribution is 5.55. The van der Waals surface area contributed by atoms with Crippen LogP contribution in [0.3, 0.4) is 0 Å².